The maximum atomic E-state index is 13.3. The maximum absolute atomic E-state index is 13.3. The Morgan fingerprint density at radius 1 is 1.09 bits per heavy atom. The number of aliphatic hydroxyl groups excluding tert-OH is 1. The van der Waals surface area contributed by atoms with E-state index in [9.17, 15) is 14.7 Å². The van der Waals surface area contributed by atoms with Crippen LogP contribution in [0.25, 0.3) is 16.0 Å². The highest BCUT2D eigenvalue weighted by molar-refractivity contribution is 7.22. The van der Waals surface area contributed by atoms with Crippen LogP contribution >= 0.6 is 22.9 Å². The zero-order valence-electron chi connectivity index (χ0n) is 18.8. The Bertz CT molecular complexity index is 1450. The molecule has 5 rings (SSSR count). The van der Waals surface area contributed by atoms with Gasteiger partial charge in [0.15, 0.2) is 5.13 Å². The number of hydrogen-bond acceptors (Lipinski definition) is 6. The topological polar surface area (TPSA) is 79.7 Å². The summed E-state index contributed by atoms with van der Waals surface area (Å²) in [5.41, 5.74) is 1.79. The summed E-state index contributed by atoms with van der Waals surface area (Å²) < 4.78 is 6.48. The van der Waals surface area contributed by atoms with Crippen molar-refractivity contribution >= 4 is 55.7 Å². The fourth-order valence-corrected chi connectivity index (χ4v) is 5.32. The van der Waals surface area contributed by atoms with Gasteiger partial charge in [0, 0.05) is 10.6 Å². The molecule has 4 aromatic rings. The first-order valence-electron chi connectivity index (χ1n) is 11.1. The van der Waals surface area contributed by atoms with Crippen LogP contribution in [0.15, 0.2) is 78.4 Å². The lowest BCUT2D eigenvalue weighted by molar-refractivity contribution is -0.132. The zero-order chi connectivity index (χ0) is 24.5. The average molecular weight is 505 g/mol. The van der Waals surface area contributed by atoms with Crippen LogP contribution in [-0.4, -0.2) is 28.4 Å². The molecule has 3 aromatic carbocycles. The third-order valence-corrected chi connectivity index (χ3v) is 6.96. The molecule has 0 spiro atoms. The van der Waals surface area contributed by atoms with Gasteiger partial charge >= 0.3 is 5.91 Å². The van der Waals surface area contributed by atoms with Gasteiger partial charge in [-0.25, -0.2) is 4.98 Å². The Hall–Kier alpha value is -3.68. The number of thiazole rings is 1. The lowest BCUT2D eigenvalue weighted by atomic mass is 9.95. The van der Waals surface area contributed by atoms with Gasteiger partial charge in [-0.15, -0.1) is 0 Å². The van der Waals surface area contributed by atoms with Crippen molar-refractivity contribution in [2.45, 2.75) is 19.4 Å². The molecule has 1 aromatic heterocycles. The largest absolute Gasteiger partial charge is 0.507 e. The minimum Gasteiger partial charge on any atom is -0.507 e. The molecule has 1 atom stereocenters. The van der Waals surface area contributed by atoms with Gasteiger partial charge in [-0.3, -0.25) is 14.5 Å². The number of hydrogen-bond donors (Lipinski definition) is 1. The van der Waals surface area contributed by atoms with E-state index >= 15 is 0 Å². The van der Waals surface area contributed by atoms with Gasteiger partial charge in [-0.1, -0.05) is 72.3 Å². The van der Waals surface area contributed by atoms with Gasteiger partial charge in [0.1, 0.15) is 11.5 Å². The Morgan fingerprint density at radius 3 is 2.54 bits per heavy atom. The predicted molar refractivity (Wildman–Crippen MR) is 138 cm³/mol. The minimum atomic E-state index is -0.855. The highest BCUT2D eigenvalue weighted by Crippen LogP contribution is 2.44. The first kappa shape index (κ1) is 23.1. The molecule has 1 aliphatic rings. The molecule has 1 unspecified atom stereocenters. The minimum absolute atomic E-state index is 0.0146. The van der Waals surface area contributed by atoms with E-state index in [1.807, 2.05) is 13.0 Å². The molecule has 1 saturated heterocycles. The normalized spacial score (nSPS) is 17.3. The fraction of sp³-hybridized carbons (Fsp3) is 0.148. The average Bonchev–Trinajstić information content (AvgIpc) is 3.40. The number of aromatic nitrogens is 1. The highest BCUT2D eigenvalue weighted by Gasteiger charge is 2.48. The number of carbonyl (C=O) groups is 2. The number of amides is 1. The van der Waals surface area contributed by atoms with Crippen molar-refractivity contribution in [3.8, 4) is 5.75 Å². The Balaban J connectivity index is 1.67. The lowest BCUT2D eigenvalue weighted by Crippen LogP contribution is -2.29. The number of carbonyl (C=O) groups excluding carboxylic acids is 2. The Kier molecular flexibility index (Phi) is 6.28. The molecule has 6 nitrogen and oxygen atoms in total. The zero-order valence-corrected chi connectivity index (χ0v) is 20.3. The van der Waals surface area contributed by atoms with Crippen LogP contribution in [0.4, 0.5) is 5.13 Å². The molecule has 0 aliphatic carbocycles. The molecule has 1 aliphatic heterocycles. The molecule has 1 fully saturated rings. The number of halogens is 1. The van der Waals surface area contributed by atoms with Gasteiger partial charge in [-0.2, -0.15) is 0 Å². The van der Waals surface area contributed by atoms with E-state index in [0.717, 1.165) is 11.1 Å². The third-order valence-electron chi connectivity index (χ3n) is 5.71. The molecular weight excluding hydrogens is 484 g/mol. The summed E-state index contributed by atoms with van der Waals surface area (Å²) in [4.78, 5) is 32.6. The second-order valence-corrected chi connectivity index (χ2v) is 9.51. The Labute approximate surface area is 211 Å². The van der Waals surface area contributed by atoms with Crippen LogP contribution in [-0.2, 0) is 9.59 Å². The van der Waals surface area contributed by atoms with Crippen molar-refractivity contribution in [1.29, 1.82) is 0 Å². The quantitative estimate of drug-likeness (QED) is 0.187. The molecule has 1 N–H and O–H groups in total. The third kappa shape index (κ3) is 4.29. The summed E-state index contributed by atoms with van der Waals surface area (Å²) in [6.07, 6.45) is 0.876. The molecule has 2 heterocycles. The van der Waals surface area contributed by atoms with E-state index in [0.29, 0.717) is 39.2 Å². The van der Waals surface area contributed by atoms with E-state index in [4.69, 9.17) is 16.3 Å². The summed E-state index contributed by atoms with van der Waals surface area (Å²) in [7, 11) is 0. The number of Topliss-reactive ketones (excluding diaryl/α,β-unsaturated/α-hetero) is 1. The maximum Gasteiger partial charge on any atom is 0.301 e. The summed E-state index contributed by atoms with van der Waals surface area (Å²) in [6, 6.07) is 20.3. The number of ketones is 1. The van der Waals surface area contributed by atoms with Crippen molar-refractivity contribution in [3.05, 3.63) is 94.5 Å². The first-order chi connectivity index (χ1) is 17.0. The summed E-state index contributed by atoms with van der Waals surface area (Å²) in [6.45, 7) is 2.61. The van der Waals surface area contributed by atoms with Crippen molar-refractivity contribution in [2.75, 3.05) is 11.5 Å². The first-order valence-corrected chi connectivity index (χ1v) is 12.3. The van der Waals surface area contributed by atoms with Crippen LogP contribution in [0, 0.1) is 0 Å². The molecule has 1 amide bonds. The van der Waals surface area contributed by atoms with Gasteiger partial charge in [0.2, 0.25) is 0 Å². The van der Waals surface area contributed by atoms with Gasteiger partial charge in [0.05, 0.1) is 28.4 Å². The number of fused-ring (bicyclic) bond motifs is 1. The van der Waals surface area contributed by atoms with Crippen LogP contribution in [0.5, 0.6) is 5.75 Å². The van der Waals surface area contributed by atoms with Gasteiger partial charge < -0.3 is 9.84 Å². The van der Waals surface area contributed by atoms with Crippen LogP contribution < -0.4 is 9.64 Å². The monoisotopic (exact) mass is 504 g/mol. The predicted octanol–water partition coefficient (Wildman–Crippen LogP) is 6.36. The molecule has 0 radical (unpaired) electrons. The van der Waals surface area contributed by atoms with E-state index in [1.165, 1.54) is 16.2 Å². The number of rotatable bonds is 6. The van der Waals surface area contributed by atoms with E-state index in [-0.39, 0.29) is 11.3 Å². The number of aliphatic hydroxyl groups is 1. The van der Waals surface area contributed by atoms with E-state index in [2.05, 4.69) is 4.98 Å². The SMILES string of the molecule is CCCOc1ccc(C2/C(=C(\O)c3ccccc3)C(=O)C(=O)N2c2nc3ccc(Cl)cc3s2)cc1. The van der Waals surface area contributed by atoms with Crippen molar-refractivity contribution in [2.24, 2.45) is 0 Å². The summed E-state index contributed by atoms with van der Waals surface area (Å²) in [5, 5.41) is 12.1. The number of nitrogens with zero attached hydrogens (tertiary/aromatic N) is 2. The number of ether oxygens (including phenoxy) is 1. The van der Waals surface area contributed by atoms with E-state index < -0.39 is 17.7 Å². The standard InChI is InChI=1S/C27H21ClN2O4S/c1-2-14-34-19-11-8-16(9-12-19)23-22(24(31)17-6-4-3-5-7-17)25(32)26(33)30(23)27-29-20-13-10-18(28)15-21(20)35-27/h3-13,15,23,31H,2,14H2,1H3/b24-22+. The van der Waals surface area contributed by atoms with Gasteiger partial charge in [0.25, 0.3) is 5.78 Å². The van der Waals surface area contributed by atoms with E-state index in [1.54, 1.807) is 66.7 Å². The van der Waals surface area contributed by atoms with Gasteiger partial charge in [-0.05, 0) is 42.3 Å². The van der Waals surface area contributed by atoms with Crippen LogP contribution in [0.3, 0.4) is 0 Å². The van der Waals surface area contributed by atoms with Crippen LogP contribution in [0.1, 0.15) is 30.5 Å². The lowest BCUT2D eigenvalue weighted by Gasteiger charge is -2.23. The molecule has 176 valence electrons. The summed E-state index contributed by atoms with van der Waals surface area (Å²) >= 11 is 7.40. The number of anilines is 1. The molecule has 0 bridgehead atoms. The van der Waals surface area contributed by atoms with Crippen molar-refractivity contribution < 1.29 is 19.4 Å². The smallest absolute Gasteiger partial charge is 0.301 e. The highest BCUT2D eigenvalue weighted by atomic mass is 35.5. The molecule has 0 saturated carbocycles. The molecule has 8 heteroatoms. The second-order valence-electron chi connectivity index (χ2n) is 8.06. The Morgan fingerprint density at radius 2 is 1.83 bits per heavy atom. The molecular formula is C27H21ClN2O4S. The summed E-state index contributed by atoms with van der Waals surface area (Å²) in [5.74, 6) is -1.05. The van der Waals surface area contributed by atoms with Crippen LogP contribution in [0.2, 0.25) is 5.02 Å². The van der Waals surface area contributed by atoms with Crippen molar-refractivity contribution in [3.63, 3.8) is 0 Å². The van der Waals surface area contributed by atoms with Crippen molar-refractivity contribution in [1.82, 2.24) is 4.98 Å². The number of benzene rings is 3. The molecule has 35 heavy (non-hydrogen) atoms. The second kappa shape index (κ2) is 9.52. The fourth-order valence-electron chi connectivity index (χ4n) is 4.05.